The molecule has 34 heavy (non-hydrogen) atoms. The normalized spacial score (nSPS) is 29.8. The Balaban J connectivity index is 1.53. The van der Waals surface area contributed by atoms with Crippen LogP contribution in [0.25, 0.3) is 0 Å². The van der Waals surface area contributed by atoms with Crippen LogP contribution in [0.15, 0.2) is 0 Å². The Bertz CT molecular complexity index is 879. The fourth-order valence-electron chi connectivity index (χ4n) is 4.00. The van der Waals surface area contributed by atoms with E-state index >= 15 is 0 Å². The van der Waals surface area contributed by atoms with Crippen molar-refractivity contribution in [3.63, 3.8) is 0 Å². The van der Waals surface area contributed by atoms with Crippen molar-refractivity contribution < 1.29 is 69.3 Å². The molecule has 6 atom stereocenters. The van der Waals surface area contributed by atoms with Gasteiger partial charge in [-0.1, -0.05) is 0 Å². The number of fused-ring (bicyclic) bond motifs is 1. The number of esters is 3. The quantitative estimate of drug-likeness (QED) is 0.123. The topological polar surface area (TPSA) is 170 Å². The molecule has 6 unspecified atom stereocenters. The Morgan fingerprint density at radius 3 is 2.26 bits per heavy atom. The number of hydrogen-bond acceptors (Lipinski definition) is 12. The summed E-state index contributed by atoms with van der Waals surface area (Å²) < 4.78 is 93.4. The minimum atomic E-state index is -5.20. The highest BCUT2D eigenvalue weighted by molar-refractivity contribution is 7.85. The molecule has 0 aromatic heterocycles. The SMILES string of the molecule is COCCOCCOCCOC(=O)C1C2OC3C(OC(=O)C31)C2OC(=O)C(F)(F)CS(=O)(=O)O. The van der Waals surface area contributed by atoms with Gasteiger partial charge < -0.3 is 33.2 Å². The van der Waals surface area contributed by atoms with E-state index in [-0.39, 0.29) is 19.8 Å². The van der Waals surface area contributed by atoms with E-state index in [1.807, 2.05) is 0 Å². The molecule has 2 bridgehead atoms. The largest absolute Gasteiger partial charge is 0.463 e. The Morgan fingerprint density at radius 1 is 1.03 bits per heavy atom. The van der Waals surface area contributed by atoms with Gasteiger partial charge in [-0.3, -0.25) is 14.1 Å². The van der Waals surface area contributed by atoms with Gasteiger partial charge in [0.2, 0.25) is 0 Å². The maximum Gasteiger partial charge on any atom is 0.378 e. The Hall–Kier alpha value is -1.98. The van der Waals surface area contributed by atoms with Crippen molar-refractivity contribution in [3.8, 4) is 0 Å². The molecule has 0 spiro atoms. The highest BCUT2D eigenvalue weighted by Crippen LogP contribution is 2.51. The van der Waals surface area contributed by atoms with Crippen LogP contribution >= 0.6 is 0 Å². The van der Waals surface area contributed by atoms with Crippen molar-refractivity contribution in [3.05, 3.63) is 0 Å². The molecule has 3 aliphatic rings. The second-order valence-corrected chi connectivity index (χ2v) is 9.16. The molecule has 1 N–H and O–H groups in total. The van der Waals surface area contributed by atoms with Crippen LogP contribution in [0.5, 0.6) is 0 Å². The third-order valence-electron chi connectivity index (χ3n) is 5.36. The van der Waals surface area contributed by atoms with Gasteiger partial charge in [0.15, 0.2) is 18.0 Å². The summed E-state index contributed by atoms with van der Waals surface area (Å²) in [5.74, 6) is -13.2. The summed E-state index contributed by atoms with van der Waals surface area (Å²) in [6.45, 7) is 1.17. The first-order valence-corrected chi connectivity index (χ1v) is 11.8. The summed E-state index contributed by atoms with van der Waals surface area (Å²) in [6.07, 6.45) is -5.17. The van der Waals surface area contributed by atoms with Gasteiger partial charge in [-0.05, 0) is 0 Å². The zero-order valence-corrected chi connectivity index (χ0v) is 18.7. The molecule has 194 valence electrons. The molecule has 0 aromatic carbocycles. The molecule has 3 aliphatic heterocycles. The second-order valence-electron chi connectivity index (χ2n) is 7.70. The summed E-state index contributed by atoms with van der Waals surface area (Å²) in [7, 11) is -3.67. The predicted octanol–water partition coefficient (Wildman–Crippen LogP) is -1.42. The zero-order valence-electron chi connectivity index (χ0n) is 17.9. The van der Waals surface area contributed by atoms with E-state index in [0.717, 1.165) is 0 Å². The van der Waals surface area contributed by atoms with E-state index in [1.54, 1.807) is 0 Å². The Kier molecular flexibility index (Phi) is 8.41. The molecule has 0 amide bonds. The van der Waals surface area contributed by atoms with Gasteiger partial charge in [0.05, 0.1) is 33.0 Å². The fourth-order valence-corrected chi connectivity index (χ4v) is 4.57. The number of halogens is 2. The van der Waals surface area contributed by atoms with Crippen molar-refractivity contribution >= 4 is 28.0 Å². The first kappa shape index (κ1) is 26.6. The third kappa shape index (κ3) is 5.98. The van der Waals surface area contributed by atoms with E-state index in [1.165, 1.54) is 7.11 Å². The summed E-state index contributed by atoms with van der Waals surface area (Å²) in [5.41, 5.74) is 0. The first-order chi connectivity index (χ1) is 16.0. The minimum absolute atomic E-state index is 0.0130. The van der Waals surface area contributed by atoms with Crippen molar-refractivity contribution in [1.82, 2.24) is 0 Å². The molecule has 13 nitrogen and oxygen atoms in total. The number of alkyl halides is 2. The van der Waals surface area contributed by atoms with Gasteiger partial charge in [-0.2, -0.15) is 17.2 Å². The van der Waals surface area contributed by atoms with Crippen molar-refractivity contribution in [2.24, 2.45) is 11.8 Å². The number of methoxy groups -OCH3 is 1. The van der Waals surface area contributed by atoms with Crippen LogP contribution in [-0.4, -0.2) is 114 Å². The van der Waals surface area contributed by atoms with E-state index in [2.05, 4.69) is 0 Å². The monoisotopic (exact) mass is 518 g/mol. The van der Waals surface area contributed by atoms with Crippen LogP contribution in [-0.2, 0) is 57.7 Å². The van der Waals surface area contributed by atoms with Crippen LogP contribution in [0.2, 0.25) is 0 Å². The van der Waals surface area contributed by atoms with E-state index in [0.29, 0.717) is 19.8 Å². The van der Waals surface area contributed by atoms with Crippen molar-refractivity contribution in [2.45, 2.75) is 30.3 Å². The van der Waals surface area contributed by atoms with Gasteiger partial charge in [0, 0.05) is 7.11 Å². The number of rotatable bonds is 14. The Morgan fingerprint density at radius 2 is 1.65 bits per heavy atom. The van der Waals surface area contributed by atoms with E-state index < -0.39 is 76.0 Å². The number of ether oxygens (including phenoxy) is 7. The molecular formula is C18H24F2O13S. The summed E-state index contributed by atoms with van der Waals surface area (Å²) in [6, 6.07) is 0. The molecule has 0 aliphatic carbocycles. The average Bonchev–Trinajstić information content (AvgIpc) is 3.34. The lowest BCUT2D eigenvalue weighted by Gasteiger charge is -2.28. The fraction of sp³-hybridized carbons (Fsp3) is 0.833. The van der Waals surface area contributed by atoms with Gasteiger partial charge in [0.25, 0.3) is 10.1 Å². The van der Waals surface area contributed by atoms with Gasteiger partial charge in [-0.25, -0.2) is 4.79 Å². The summed E-state index contributed by atoms with van der Waals surface area (Å²) in [4.78, 5) is 36.6. The predicted molar refractivity (Wildman–Crippen MR) is 101 cm³/mol. The average molecular weight is 518 g/mol. The smallest absolute Gasteiger partial charge is 0.378 e. The molecule has 0 saturated carbocycles. The number of hydrogen-bond donors (Lipinski definition) is 1. The van der Waals surface area contributed by atoms with E-state index in [9.17, 15) is 31.6 Å². The van der Waals surface area contributed by atoms with Crippen LogP contribution in [0, 0.1) is 11.8 Å². The molecule has 3 heterocycles. The molecule has 3 fully saturated rings. The van der Waals surface area contributed by atoms with Crippen molar-refractivity contribution in [2.75, 3.05) is 52.5 Å². The molecule has 3 saturated heterocycles. The highest BCUT2D eigenvalue weighted by Gasteiger charge is 2.72. The van der Waals surface area contributed by atoms with Crippen LogP contribution < -0.4 is 0 Å². The first-order valence-electron chi connectivity index (χ1n) is 10.2. The van der Waals surface area contributed by atoms with Gasteiger partial charge in [0.1, 0.15) is 30.7 Å². The maximum absolute atomic E-state index is 13.9. The lowest BCUT2D eigenvalue weighted by Crippen LogP contribution is -2.50. The molecule has 16 heteroatoms. The minimum Gasteiger partial charge on any atom is -0.463 e. The zero-order chi connectivity index (χ0) is 25.1. The standard InChI is InChI=1S/C18H24F2O13S/c1-27-2-3-28-4-5-29-6-7-30-15(21)9-10-12-13(32-16(10)22)14(11(9)31-12)33-17(23)18(19,20)8-34(24,25)26/h9-14H,2-8H2,1H3,(H,24,25,26). The lowest BCUT2D eigenvalue weighted by molar-refractivity contribution is -0.184. The molecule has 0 radical (unpaired) electrons. The highest BCUT2D eigenvalue weighted by atomic mass is 32.2. The van der Waals surface area contributed by atoms with Crippen LogP contribution in [0.3, 0.4) is 0 Å². The second kappa shape index (κ2) is 10.7. The van der Waals surface area contributed by atoms with Gasteiger partial charge >= 0.3 is 23.8 Å². The van der Waals surface area contributed by atoms with Crippen LogP contribution in [0.1, 0.15) is 0 Å². The summed E-state index contributed by atoms with van der Waals surface area (Å²) >= 11 is 0. The number of carbonyl (C=O) groups is 3. The van der Waals surface area contributed by atoms with Crippen LogP contribution in [0.4, 0.5) is 8.78 Å². The Labute approximate surface area is 192 Å². The van der Waals surface area contributed by atoms with Crippen molar-refractivity contribution in [1.29, 1.82) is 0 Å². The maximum atomic E-state index is 13.9. The molecule has 3 rings (SSSR count). The summed E-state index contributed by atoms with van der Waals surface area (Å²) in [5, 5.41) is 0. The van der Waals surface area contributed by atoms with E-state index in [4.69, 9.17) is 37.7 Å². The number of carbonyl (C=O) groups excluding carboxylic acids is 3. The lowest BCUT2D eigenvalue weighted by atomic mass is 9.78. The molecule has 0 aromatic rings. The van der Waals surface area contributed by atoms with Gasteiger partial charge in [-0.15, -0.1) is 0 Å². The molecular weight excluding hydrogens is 494 g/mol. The third-order valence-corrected chi connectivity index (χ3v) is 6.09.